The van der Waals surface area contributed by atoms with E-state index in [0.717, 1.165) is 0 Å². The molecule has 0 aromatic rings. The summed E-state index contributed by atoms with van der Waals surface area (Å²) in [6.45, 7) is 15.0. The number of alkyl carbamates (subject to hydrolysis) is 1. The highest BCUT2D eigenvalue weighted by Crippen LogP contribution is 2.39. The zero-order chi connectivity index (χ0) is 20.4. The average molecular weight is 404 g/mol. The van der Waals surface area contributed by atoms with Gasteiger partial charge >= 0.3 is 12.1 Å². The van der Waals surface area contributed by atoms with Crippen LogP contribution in [0.5, 0.6) is 0 Å². The Hall–Kier alpha value is -1.40. The SMILES string of the molecule is C=NCC(C[C@H](NC(=O)OC(C)(C)C)C(=O)OCC#N)SSC(C)(C)C. The molecular formula is C17H29N3O4S2. The van der Waals surface area contributed by atoms with Crippen molar-refractivity contribution in [2.75, 3.05) is 13.2 Å². The summed E-state index contributed by atoms with van der Waals surface area (Å²) >= 11 is 0. The Morgan fingerprint density at radius 1 is 1.27 bits per heavy atom. The summed E-state index contributed by atoms with van der Waals surface area (Å²) in [4.78, 5) is 28.2. The monoisotopic (exact) mass is 403 g/mol. The molecule has 1 unspecified atom stereocenters. The number of carbonyl (C=O) groups is 2. The average Bonchev–Trinajstić information content (AvgIpc) is 2.47. The van der Waals surface area contributed by atoms with Gasteiger partial charge in [-0.2, -0.15) is 5.26 Å². The Labute approximate surface area is 164 Å². The van der Waals surface area contributed by atoms with Crippen LogP contribution in [0.1, 0.15) is 48.0 Å². The number of hydrogen-bond donors (Lipinski definition) is 1. The Bertz CT molecular complexity index is 522. The standard InChI is InChI=1S/C17H29N3O4S2/c1-16(2,3)24-15(22)20-13(14(21)23-9-8-18)10-12(11-19-7)25-26-17(4,5)6/h12-13H,7,9-11H2,1-6H3,(H,20,22)/t12?,13-/m0/s1. The third kappa shape index (κ3) is 12.9. The molecule has 148 valence electrons. The lowest BCUT2D eigenvalue weighted by molar-refractivity contribution is -0.144. The van der Waals surface area contributed by atoms with Crippen molar-refractivity contribution in [2.24, 2.45) is 4.99 Å². The molecule has 2 atom stereocenters. The van der Waals surface area contributed by atoms with Gasteiger partial charge in [0.1, 0.15) is 17.7 Å². The Kier molecular flexibility index (Phi) is 10.7. The highest BCUT2D eigenvalue weighted by atomic mass is 33.1. The molecule has 0 aromatic heterocycles. The number of esters is 1. The topological polar surface area (TPSA) is 101 Å². The second-order valence-electron chi connectivity index (χ2n) is 7.52. The quantitative estimate of drug-likeness (QED) is 0.357. The Morgan fingerprint density at radius 2 is 1.88 bits per heavy atom. The molecule has 0 bridgehead atoms. The van der Waals surface area contributed by atoms with E-state index in [1.165, 1.54) is 0 Å². The summed E-state index contributed by atoms with van der Waals surface area (Å²) in [5, 5.41) is 11.1. The Balaban J connectivity index is 5.09. The van der Waals surface area contributed by atoms with Gasteiger partial charge in [-0.25, -0.2) is 9.59 Å². The van der Waals surface area contributed by atoms with Crippen LogP contribution < -0.4 is 5.32 Å². The number of hydrogen-bond acceptors (Lipinski definition) is 8. The van der Waals surface area contributed by atoms with Crippen LogP contribution in [-0.2, 0) is 14.3 Å². The van der Waals surface area contributed by atoms with E-state index in [4.69, 9.17) is 14.7 Å². The van der Waals surface area contributed by atoms with Crippen LogP contribution in [0, 0.1) is 11.3 Å². The van der Waals surface area contributed by atoms with E-state index < -0.39 is 23.7 Å². The maximum absolute atomic E-state index is 12.2. The van der Waals surface area contributed by atoms with Crippen LogP contribution in [-0.4, -0.2) is 53.6 Å². The molecule has 0 saturated carbocycles. The van der Waals surface area contributed by atoms with Crippen LogP contribution in [0.2, 0.25) is 0 Å². The fraction of sp³-hybridized carbons (Fsp3) is 0.765. The van der Waals surface area contributed by atoms with Crippen molar-refractivity contribution in [3.63, 3.8) is 0 Å². The maximum Gasteiger partial charge on any atom is 0.408 e. The molecule has 1 amide bonds. The normalized spacial score (nSPS) is 13.9. The lowest BCUT2D eigenvalue weighted by Gasteiger charge is -2.26. The predicted octanol–water partition coefficient (Wildman–Crippen LogP) is 3.59. The molecule has 0 aliphatic rings. The van der Waals surface area contributed by atoms with Crippen molar-refractivity contribution in [3.05, 3.63) is 0 Å². The second-order valence-corrected chi connectivity index (χ2v) is 10.8. The van der Waals surface area contributed by atoms with E-state index in [-0.39, 0.29) is 23.0 Å². The minimum atomic E-state index is -0.932. The van der Waals surface area contributed by atoms with Crippen molar-refractivity contribution >= 4 is 40.4 Å². The van der Waals surface area contributed by atoms with E-state index >= 15 is 0 Å². The molecule has 9 heteroatoms. The molecule has 0 aromatic carbocycles. The van der Waals surface area contributed by atoms with Crippen molar-refractivity contribution in [3.8, 4) is 6.07 Å². The van der Waals surface area contributed by atoms with Gasteiger partial charge in [0, 0.05) is 10.00 Å². The summed E-state index contributed by atoms with van der Waals surface area (Å²) in [5.41, 5.74) is -0.690. The maximum atomic E-state index is 12.2. The molecule has 0 heterocycles. The van der Waals surface area contributed by atoms with Crippen LogP contribution in [0.15, 0.2) is 4.99 Å². The van der Waals surface area contributed by atoms with Gasteiger partial charge in [0.25, 0.3) is 0 Å². The molecule has 0 fully saturated rings. The fourth-order valence-electron chi connectivity index (χ4n) is 1.63. The zero-order valence-corrected chi connectivity index (χ0v) is 18.0. The molecule has 0 rings (SSSR count). The number of nitriles is 1. The highest BCUT2D eigenvalue weighted by Gasteiger charge is 2.29. The first-order valence-electron chi connectivity index (χ1n) is 8.18. The highest BCUT2D eigenvalue weighted by molar-refractivity contribution is 8.77. The van der Waals surface area contributed by atoms with Gasteiger partial charge in [-0.15, -0.1) is 0 Å². The largest absolute Gasteiger partial charge is 0.449 e. The molecule has 7 nitrogen and oxygen atoms in total. The first kappa shape index (κ1) is 24.6. The smallest absolute Gasteiger partial charge is 0.408 e. The molecule has 0 saturated heterocycles. The molecule has 1 N–H and O–H groups in total. The van der Waals surface area contributed by atoms with E-state index in [1.807, 2.05) is 0 Å². The minimum Gasteiger partial charge on any atom is -0.449 e. The van der Waals surface area contributed by atoms with Gasteiger partial charge < -0.3 is 14.8 Å². The minimum absolute atomic E-state index is 0.0273. The summed E-state index contributed by atoms with van der Waals surface area (Å²) in [6.07, 6.45) is -0.425. The van der Waals surface area contributed by atoms with Crippen LogP contribution in [0.25, 0.3) is 0 Å². The summed E-state index contributed by atoms with van der Waals surface area (Å²) in [6, 6.07) is 0.811. The van der Waals surface area contributed by atoms with E-state index in [2.05, 4.69) is 37.8 Å². The zero-order valence-electron chi connectivity index (χ0n) is 16.3. The molecule has 0 radical (unpaired) electrons. The summed E-state index contributed by atoms with van der Waals surface area (Å²) in [5.74, 6) is -0.673. The number of carbonyl (C=O) groups excluding carboxylic acids is 2. The van der Waals surface area contributed by atoms with Gasteiger partial charge in [0.15, 0.2) is 6.61 Å². The molecule has 0 spiro atoms. The lowest BCUT2D eigenvalue weighted by Crippen LogP contribution is -2.46. The second kappa shape index (κ2) is 11.3. The van der Waals surface area contributed by atoms with Gasteiger partial charge in [-0.3, -0.25) is 4.99 Å². The van der Waals surface area contributed by atoms with Crippen LogP contribution in [0.4, 0.5) is 4.79 Å². The number of nitrogens with zero attached hydrogens (tertiary/aromatic N) is 2. The predicted molar refractivity (Wildman–Crippen MR) is 107 cm³/mol. The van der Waals surface area contributed by atoms with Crippen LogP contribution >= 0.6 is 21.6 Å². The van der Waals surface area contributed by atoms with Crippen LogP contribution in [0.3, 0.4) is 0 Å². The van der Waals surface area contributed by atoms with Gasteiger partial charge in [0.2, 0.25) is 0 Å². The summed E-state index contributed by atoms with van der Waals surface area (Å²) < 4.78 is 10.1. The Morgan fingerprint density at radius 3 is 2.35 bits per heavy atom. The molecule has 0 aliphatic carbocycles. The van der Waals surface area contributed by atoms with Gasteiger partial charge in [-0.05, 0) is 33.9 Å². The number of amides is 1. The number of rotatable bonds is 9. The first-order valence-corrected chi connectivity index (χ1v) is 10.4. The summed E-state index contributed by atoms with van der Waals surface area (Å²) in [7, 11) is 3.24. The lowest BCUT2D eigenvalue weighted by atomic mass is 10.1. The van der Waals surface area contributed by atoms with Gasteiger partial charge in [0.05, 0.1) is 6.54 Å². The molecular weight excluding hydrogens is 374 g/mol. The fourth-order valence-corrected chi connectivity index (χ4v) is 4.19. The van der Waals surface area contributed by atoms with Crippen molar-refractivity contribution in [2.45, 2.75) is 69.6 Å². The molecule has 0 aliphatic heterocycles. The van der Waals surface area contributed by atoms with Crippen molar-refractivity contribution in [1.29, 1.82) is 5.26 Å². The van der Waals surface area contributed by atoms with Crippen molar-refractivity contribution < 1.29 is 19.1 Å². The number of aliphatic imine (C=N–C) groups is 1. The molecule has 26 heavy (non-hydrogen) atoms. The van der Waals surface area contributed by atoms with E-state index in [1.54, 1.807) is 48.4 Å². The number of ether oxygens (including phenoxy) is 2. The number of nitrogens with one attached hydrogen (secondary N) is 1. The van der Waals surface area contributed by atoms with E-state index in [9.17, 15) is 9.59 Å². The first-order chi connectivity index (χ1) is 11.9. The van der Waals surface area contributed by atoms with Gasteiger partial charge in [-0.1, -0.05) is 42.4 Å². The third-order valence-electron chi connectivity index (χ3n) is 2.52. The third-order valence-corrected chi connectivity index (χ3v) is 6.34. The van der Waals surface area contributed by atoms with E-state index in [0.29, 0.717) is 6.54 Å². The van der Waals surface area contributed by atoms with Crippen molar-refractivity contribution in [1.82, 2.24) is 5.32 Å².